The van der Waals surface area contributed by atoms with E-state index in [4.69, 9.17) is 15.6 Å². The maximum atomic E-state index is 12.7. The Labute approximate surface area is 149 Å². The molecular weight excluding hydrogens is 340 g/mol. The van der Waals surface area contributed by atoms with Gasteiger partial charge in [0.05, 0.1) is 12.5 Å². The van der Waals surface area contributed by atoms with Gasteiger partial charge < -0.3 is 15.7 Å². The van der Waals surface area contributed by atoms with Gasteiger partial charge in [-0.05, 0) is 19.3 Å². The van der Waals surface area contributed by atoms with Crippen molar-refractivity contribution in [1.29, 1.82) is 0 Å². The number of carbonyl (C=O) groups is 2. The molecular formula is C15H22N8O3. The fourth-order valence-corrected chi connectivity index (χ4v) is 3.54. The summed E-state index contributed by atoms with van der Waals surface area (Å²) < 4.78 is 1.86. The molecule has 0 aromatic carbocycles. The minimum Gasteiger partial charge on any atom is -0.483 e. The number of rotatable bonds is 2. The van der Waals surface area contributed by atoms with E-state index >= 15 is 0 Å². The average Bonchev–Trinajstić information content (AvgIpc) is 3.30. The molecule has 1 amide bonds. The van der Waals surface area contributed by atoms with Gasteiger partial charge in [0.15, 0.2) is 0 Å². The molecule has 26 heavy (non-hydrogen) atoms. The molecule has 1 unspecified atom stereocenters. The van der Waals surface area contributed by atoms with E-state index in [9.17, 15) is 4.79 Å². The van der Waals surface area contributed by atoms with Gasteiger partial charge in [0.2, 0.25) is 11.9 Å². The Balaban J connectivity index is 0.000000613. The number of hydrogen-bond acceptors (Lipinski definition) is 7. The number of H-pyrrole nitrogens is 1. The maximum Gasteiger partial charge on any atom is 0.290 e. The van der Waals surface area contributed by atoms with E-state index in [0.29, 0.717) is 12.5 Å². The molecule has 1 saturated heterocycles. The van der Waals surface area contributed by atoms with Crippen molar-refractivity contribution in [2.45, 2.75) is 38.1 Å². The number of amides is 1. The molecule has 0 saturated carbocycles. The number of nitrogen functional groups attached to an aromatic ring is 1. The smallest absolute Gasteiger partial charge is 0.290 e. The number of piperidine rings is 1. The van der Waals surface area contributed by atoms with E-state index in [1.165, 1.54) is 0 Å². The molecule has 4 N–H and O–H groups in total. The monoisotopic (exact) mass is 362 g/mol. The molecule has 2 aromatic rings. The van der Waals surface area contributed by atoms with E-state index in [-0.39, 0.29) is 24.2 Å². The zero-order valence-corrected chi connectivity index (χ0v) is 14.3. The van der Waals surface area contributed by atoms with Crippen LogP contribution >= 0.6 is 0 Å². The van der Waals surface area contributed by atoms with Gasteiger partial charge in [-0.15, -0.1) is 5.10 Å². The van der Waals surface area contributed by atoms with Crippen LogP contribution in [0, 0.1) is 5.92 Å². The molecule has 4 rings (SSSR count). The molecule has 1 atom stereocenters. The van der Waals surface area contributed by atoms with Crippen molar-refractivity contribution in [3.63, 3.8) is 0 Å². The molecule has 1 fully saturated rings. The Kier molecular flexibility index (Phi) is 5.44. The summed E-state index contributed by atoms with van der Waals surface area (Å²) in [5.41, 5.74) is 5.56. The molecule has 0 radical (unpaired) electrons. The summed E-state index contributed by atoms with van der Waals surface area (Å²) in [6.07, 6.45) is 5.03. The number of nitrogens with zero attached hydrogens (tertiary/aromatic N) is 6. The van der Waals surface area contributed by atoms with Crippen molar-refractivity contribution < 1.29 is 14.7 Å². The van der Waals surface area contributed by atoms with Crippen LogP contribution < -0.4 is 5.73 Å². The largest absolute Gasteiger partial charge is 0.483 e. The second-order valence-corrected chi connectivity index (χ2v) is 6.38. The van der Waals surface area contributed by atoms with Crippen molar-refractivity contribution in [2.75, 3.05) is 18.8 Å². The fourth-order valence-electron chi connectivity index (χ4n) is 3.54. The molecule has 4 heterocycles. The summed E-state index contributed by atoms with van der Waals surface area (Å²) in [7, 11) is 0. The minimum atomic E-state index is -0.250. The highest BCUT2D eigenvalue weighted by molar-refractivity contribution is 5.79. The number of aromatic nitrogens is 6. The van der Waals surface area contributed by atoms with E-state index in [1.807, 2.05) is 9.58 Å². The molecule has 140 valence electrons. The molecule has 0 aliphatic carbocycles. The van der Waals surface area contributed by atoms with Gasteiger partial charge in [-0.3, -0.25) is 14.7 Å². The van der Waals surface area contributed by atoms with Crippen LogP contribution in [0.15, 0.2) is 6.33 Å². The first-order chi connectivity index (χ1) is 12.6. The summed E-state index contributed by atoms with van der Waals surface area (Å²) in [5, 5.41) is 17.8. The average molecular weight is 362 g/mol. The van der Waals surface area contributed by atoms with Gasteiger partial charge in [-0.2, -0.15) is 10.1 Å². The van der Waals surface area contributed by atoms with Crippen LogP contribution in [-0.2, 0) is 22.6 Å². The van der Waals surface area contributed by atoms with Gasteiger partial charge in [-0.25, -0.2) is 9.67 Å². The van der Waals surface area contributed by atoms with Gasteiger partial charge in [-0.1, -0.05) is 0 Å². The van der Waals surface area contributed by atoms with Crippen molar-refractivity contribution in [3.05, 3.63) is 18.0 Å². The Hall–Kier alpha value is -2.98. The van der Waals surface area contributed by atoms with Gasteiger partial charge in [0.25, 0.3) is 6.47 Å². The van der Waals surface area contributed by atoms with Crippen molar-refractivity contribution in [2.24, 2.45) is 5.92 Å². The minimum absolute atomic E-state index is 0.0154. The third-order valence-electron chi connectivity index (χ3n) is 4.87. The lowest BCUT2D eigenvalue weighted by Gasteiger charge is -2.34. The second-order valence-electron chi connectivity index (χ2n) is 6.38. The van der Waals surface area contributed by atoms with Crippen LogP contribution in [0.2, 0.25) is 0 Å². The van der Waals surface area contributed by atoms with Crippen molar-refractivity contribution in [3.8, 4) is 0 Å². The first-order valence-corrected chi connectivity index (χ1v) is 8.53. The zero-order valence-electron chi connectivity index (χ0n) is 14.3. The first kappa shape index (κ1) is 17.8. The standard InChI is InChI=1S/C14H20N8O.CH2O2/c15-14-18-12(19-20-14)9-3-5-21(6-4-9)13(23)10-1-2-11-16-8-17-22(11)7-10;2-1-3/h8-10H,1-7H2,(H3,15,18,19,20);1H,(H,2,3). The number of nitrogens with one attached hydrogen (secondary N) is 1. The molecule has 2 aliphatic rings. The zero-order chi connectivity index (χ0) is 18.5. The number of carbonyl (C=O) groups excluding carboxylic acids is 1. The summed E-state index contributed by atoms with van der Waals surface area (Å²) >= 11 is 0. The van der Waals surface area contributed by atoms with Gasteiger partial charge >= 0.3 is 0 Å². The third kappa shape index (κ3) is 3.81. The normalized spacial score (nSPS) is 20.0. The van der Waals surface area contributed by atoms with Crippen LogP contribution in [0.5, 0.6) is 0 Å². The lowest BCUT2D eigenvalue weighted by molar-refractivity contribution is -0.137. The number of anilines is 1. The Morgan fingerprint density at radius 3 is 2.73 bits per heavy atom. The van der Waals surface area contributed by atoms with E-state index < -0.39 is 0 Å². The molecule has 0 bridgehead atoms. The molecule has 11 heteroatoms. The SMILES string of the molecule is Nc1n[nH]c(C2CCN(C(=O)C3CCc4ncnn4C3)CC2)n1.O=CO. The number of fused-ring (bicyclic) bond motifs is 1. The lowest BCUT2D eigenvalue weighted by atomic mass is 9.93. The topological polar surface area (TPSA) is 156 Å². The Morgan fingerprint density at radius 1 is 1.35 bits per heavy atom. The first-order valence-electron chi connectivity index (χ1n) is 8.53. The predicted molar refractivity (Wildman–Crippen MR) is 89.9 cm³/mol. The second kappa shape index (κ2) is 7.93. The van der Waals surface area contributed by atoms with E-state index in [0.717, 1.165) is 50.4 Å². The number of likely N-dealkylation sites (tertiary alicyclic amines) is 1. The predicted octanol–water partition coefficient (Wildman–Crippen LogP) is -0.352. The van der Waals surface area contributed by atoms with Crippen LogP contribution in [0.3, 0.4) is 0 Å². The summed E-state index contributed by atoms with van der Waals surface area (Å²) in [4.78, 5) is 31.5. The highest BCUT2D eigenvalue weighted by Gasteiger charge is 2.32. The molecule has 0 spiro atoms. The van der Waals surface area contributed by atoms with Gasteiger partial charge in [0.1, 0.15) is 18.0 Å². The van der Waals surface area contributed by atoms with E-state index in [2.05, 4.69) is 25.3 Å². The number of aromatic amines is 1. The quantitative estimate of drug-likeness (QED) is 0.612. The Bertz CT molecular complexity index is 750. The summed E-state index contributed by atoms with van der Waals surface area (Å²) in [5.74, 6) is 2.65. The third-order valence-corrected chi connectivity index (χ3v) is 4.87. The molecule has 2 aliphatic heterocycles. The maximum absolute atomic E-state index is 12.7. The van der Waals surface area contributed by atoms with Crippen molar-refractivity contribution >= 4 is 18.3 Å². The number of hydrogen-bond donors (Lipinski definition) is 3. The van der Waals surface area contributed by atoms with Crippen LogP contribution in [0.1, 0.15) is 36.8 Å². The summed E-state index contributed by atoms with van der Waals surface area (Å²) in [6.45, 7) is 1.91. The van der Waals surface area contributed by atoms with Crippen LogP contribution in [-0.4, -0.2) is 65.4 Å². The van der Waals surface area contributed by atoms with E-state index in [1.54, 1.807) is 6.33 Å². The van der Waals surface area contributed by atoms with Crippen molar-refractivity contribution in [1.82, 2.24) is 34.8 Å². The number of aryl methyl sites for hydroxylation is 1. The summed E-state index contributed by atoms with van der Waals surface area (Å²) in [6, 6.07) is 0. The molecule has 11 nitrogen and oxygen atoms in total. The number of nitrogens with two attached hydrogens (primary N) is 1. The van der Waals surface area contributed by atoms with Crippen LogP contribution in [0.25, 0.3) is 0 Å². The number of carboxylic acid groups (broad SMARTS) is 1. The highest BCUT2D eigenvalue weighted by Crippen LogP contribution is 2.28. The highest BCUT2D eigenvalue weighted by atomic mass is 16.3. The van der Waals surface area contributed by atoms with Gasteiger partial charge in [0, 0.05) is 25.4 Å². The Morgan fingerprint density at radius 2 is 2.08 bits per heavy atom. The molecule has 2 aromatic heterocycles. The lowest BCUT2D eigenvalue weighted by Crippen LogP contribution is -2.43. The fraction of sp³-hybridized carbons (Fsp3) is 0.600. The van der Waals surface area contributed by atoms with Crippen LogP contribution in [0.4, 0.5) is 5.95 Å².